The minimum absolute atomic E-state index is 0.0143. The number of aryl methyl sites for hydroxylation is 1. The van der Waals surface area contributed by atoms with Crippen LogP contribution in [0.5, 0.6) is 0 Å². The third-order valence-corrected chi connectivity index (χ3v) is 6.72. The number of nitrogens with zero attached hydrogens (tertiary/aromatic N) is 5. The summed E-state index contributed by atoms with van der Waals surface area (Å²) in [5.41, 5.74) is 11.6. The molecule has 2 unspecified atom stereocenters. The lowest BCUT2D eigenvalue weighted by atomic mass is 9.89. The van der Waals surface area contributed by atoms with E-state index in [1.54, 1.807) is 6.34 Å². The van der Waals surface area contributed by atoms with Crippen molar-refractivity contribution < 1.29 is 0 Å². The predicted molar refractivity (Wildman–Crippen MR) is 125 cm³/mol. The highest BCUT2D eigenvalue weighted by Gasteiger charge is 2.43. The van der Waals surface area contributed by atoms with Crippen LogP contribution in [-0.4, -0.2) is 39.2 Å². The highest BCUT2D eigenvalue weighted by molar-refractivity contribution is 6.01. The predicted octanol–water partition coefficient (Wildman–Crippen LogP) is 4.16. The van der Waals surface area contributed by atoms with E-state index in [2.05, 4.69) is 39.3 Å². The fourth-order valence-electron chi connectivity index (χ4n) is 4.82. The molecule has 6 nitrogen and oxygen atoms in total. The molecule has 0 radical (unpaired) electrons. The molecular formula is C25H24N6. The summed E-state index contributed by atoms with van der Waals surface area (Å²) in [4.78, 5) is 21.0. The molecule has 1 saturated carbocycles. The molecular weight excluding hydrogens is 384 g/mol. The van der Waals surface area contributed by atoms with Crippen molar-refractivity contribution in [3.05, 3.63) is 66.0 Å². The van der Waals surface area contributed by atoms with Crippen molar-refractivity contribution in [3.63, 3.8) is 0 Å². The van der Waals surface area contributed by atoms with Crippen molar-refractivity contribution in [2.45, 2.75) is 38.4 Å². The Balaban J connectivity index is 1.46. The highest BCUT2D eigenvalue weighted by Crippen LogP contribution is 2.42. The summed E-state index contributed by atoms with van der Waals surface area (Å²) in [5, 5.41) is 1.07. The minimum atomic E-state index is -0.0143. The zero-order valence-corrected chi connectivity index (χ0v) is 17.4. The van der Waals surface area contributed by atoms with E-state index >= 15 is 0 Å². The number of fused-ring (bicyclic) bond motifs is 2. The summed E-state index contributed by atoms with van der Waals surface area (Å²) in [6, 6.07) is 17.1. The largest absolute Gasteiger partial charge is 0.386 e. The molecule has 2 N–H and O–H groups in total. The van der Waals surface area contributed by atoms with Crippen LogP contribution in [0.4, 0.5) is 0 Å². The van der Waals surface area contributed by atoms with E-state index in [9.17, 15) is 0 Å². The van der Waals surface area contributed by atoms with Crippen molar-refractivity contribution in [1.29, 1.82) is 0 Å². The van der Waals surface area contributed by atoms with Crippen LogP contribution in [0, 0.1) is 12.8 Å². The van der Waals surface area contributed by atoms with Crippen molar-refractivity contribution in [1.82, 2.24) is 14.9 Å². The normalized spacial score (nSPS) is 22.8. The van der Waals surface area contributed by atoms with Crippen LogP contribution >= 0.6 is 0 Å². The molecule has 2 aliphatic heterocycles. The van der Waals surface area contributed by atoms with Gasteiger partial charge in [0.25, 0.3) is 0 Å². The van der Waals surface area contributed by atoms with E-state index in [4.69, 9.17) is 15.7 Å². The van der Waals surface area contributed by atoms with Gasteiger partial charge in [0, 0.05) is 28.9 Å². The minimum Gasteiger partial charge on any atom is -0.386 e. The van der Waals surface area contributed by atoms with Crippen molar-refractivity contribution in [2.24, 2.45) is 21.6 Å². The second kappa shape index (κ2) is 7.01. The van der Waals surface area contributed by atoms with Crippen LogP contribution in [0.3, 0.4) is 0 Å². The lowest BCUT2D eigenvalue weighted by Crippen LogP contribution is -2.46. The molecule has 0 bridgehead atoms. The third kappa shape index (κ3) is 2.93. The maximum atomic E-state index is 6.37. The Labute approximate surface area is 181 Å². The summed E-state index contributed by atoms with van der Waals surface area (Å²) in [5.74, 6) is 1.37. The van der Waals surface area contributed by atoms with Gasteiger partial charge in [-0.1, -0.05) is 42.5 Å². The van der Waals surface area contributed by atoms with E-state index in [-0.39, 0.29) is 12.1 Å². The zero-order chi connectivity index (χ0) is 20.9. The molecule has 2 aromatic carbocycles. The first-order valence-electron chi connectivity index (χ1n) is 10.9. The van der Waals surface area contributed by atoms with Crippen molar-refractivity contribution in [3.8, 4) is 11.4 Å². The number of amidine groups is 1. The first kappa shape index (κ1) is 18.2. The summed E-state index contributed by atoms with van der Waals surface area (Å²) >= 11 is 0. The van der Waals surface area contributed by atoms with Gasteiger partial charge in [-0.15, -0.1) is 0 Å². The van der Waals surface area contributed by atoms with Crippen LogP contribution < -0.4 is 5.73 Å². The number of aliphatic imine (C=N–C) groups is 2. The van der Waals surface area contributed by atoms with Crippen molar-refractivity contribution >= 4 is 28.7 Å². The topological polar surface area (TPSA) is 79.8 Å². The molecule has 0 amide bonds. The molecule has 3 heterocycles. The number of nitrogens with two attached hydrogens (primary N) is 1. The van der Waals surface area contributed by atoms with E-state index < -0.39 is 0 Å². The summed E-state index contributed by atoms with van der Waals surface area (Å²) in [6.45, 7) is 2.04. The molecule has 3 aromatic rings. The average molecular weight is 409 g/mol. The zero-order valence-electron chi connectivity index (χ0n) is 17.4. The number of aromatic nitrogens is 2. The van der Waals surface area contributed by atoms with Crippen LogP contribution in [-0.2, 0) is 0 Å². The molecule has 3 aliphatic rings. The Morgan fingerprint density at radius 2 is 1.84 bits per heavy atom. The smallest absolute Gasteiger partial charge is 0.160 e. The summed E-state index contributed by atoms with van der Waals surface area (Å²) in [7, 11) is 0. The van der Waals surface area contributed by atoms with Crippen LogP contribution in [0.1, 0.15) is 30.5 Å². The average Bonchev–Trinajstić information content (AvgIpc) is 3.13. The van der Waals surface area contributed by atoms with Gasteiger partial charge in [-0.25, -0.2) is 20.0 Å². The van der Waals surface area contributed by atoms with E-state index in [0.29, 0.717) is 11.9 Å². The Morgan fingerprint density at radius 1 is 1.00 bits per heavy atom. The molecule has 6 rings (SSSR count). The molecule has 154 valence electrons. The van der Waals surface area contributed by atoms with Gasteiger partial charge in [0.1, 0.15) is 18.3 Å². The number of rotatable bonds is 3. The van der Waals surface area contributed by atoms with Gasteiger partial charge in [-0.05, 0) is 43.4 Å². The fraction of sp³-hybridized carbons (Fsp3) is 0.280. The van der Waals surface area contributed by atoms with Gasteiger partial charge >= 0.3 is 0 Å². The van der Waals surface area contributed by atoms with Crippen LogP contribution in [0.25, 0.3) is 27.9 Å². The maximum Gasteiger partial charge on any atom is 0.160 e. The highest BCUT2D eigenvalue weighted by atomic mass is 15.3. The third-order valence-electron chi connectivity index (χ3n) is 6.72. The quantitative estimate of drug-likeness (QED) is 0.706. The lowest BCUT2D eigenvalue weighted by Gasteiger charge is -2.39. The second-order valence-corrected chi connectivity index (χ2v) is 8.56. The molecule has 1 aliphatic carbocycles. The molecule has 6 heteroatoms. The van der Waals surface area contributed by atoms with Gasteiger partial charge in [-0.2, -0.15) is 0 Å². The maximum absolute atomic E-state index is 6.37. The lowest BCUT2D eigenvalue weighted by molar-refractivity contribution is 0.143. The van der Waals surface area contributed by atoms with E-state index in [1.165, 1.54) is 24.8 Å². The molecule has 1 fully saturated rings. The molecule has 2 atom stereocenters. The van der Waals surface area contributed by atoms with Gasteiger partial charge < -0.3 is 10.6 Å². The van der Waals surface area contributed by atoms with Gasteiger partial charge in [0.2, 0.25) is 0 Å². The molecule has 0 saturated heterocycles. The SMILES string of the molecule is Cc1nc(-c2ccccc2)nc2cc(C3=CN(C4CCC4)C4N=CN=C(N)C34)ccc12. The monoisotopic (exact) mass is 408 g/mol. The van der Waals surface area contributed by atoms with Crippen LogP contribution in [0.15, 0.2) is 64.7 Å². The number of hydrogen-bond donors (Lipinski definition) is 1. The second-order valence-electron chi connectivity index (χ2n) is 8.56. The number of hydrogen-bond acceptors (Lipinski definition) is 6. The Hall–Kier alpha value is -3.54. The number of benzene rings is 2. The molecule has 1 aromatic heterocycles. The first-order chi connectivity index (χ1) is 15.2. The van der Waals surface area contributed by atoms with Gasteiger partial charge in [0.05, 0.1) is 11.4 Å². The Kier molecular flexibility index (Phi) is 4.13. The molecule has 0 spiro atoms. The fourth-order valence-corrected chi connectivity index (χ4v) is 4.82. The first-order valence-corrected chi connectivity index (χ1v) is 10.9. The Bertz CT molecular complexity index is 1260. The summed E-state index contributed by atoms with van der Waals surface area (Å²) < 4.78 is 0. The van der Waals surface area contributed by atoms with Gasteiger partial charge in [0.15, 0.2) is 5.82 Å². The molecule has 31 heavy (non-hydrogen) atoms. The van der Waals surface area contributed by atoms with E-state index in [1.807, 2.05) is 37.3 Å². The van der Waals surface area contributed by atoms with Crippen molar-refractivity contribution in [2.75, 3.05) is 0 Å². The Morgan fingerprint density at radius 3 is 2.61 bits per heavy atom. The van der Waals surface area contributed by atoms with E-state index in [0.717, 1.165) is 33.5 Å². The summed E-state index contributed by atoms with van der Waals surface area (Å²) in [6.07, 6.45) is 7.60. The standard InChI is InChI=1S/C25H24N6/c1-15-19-11-10-17(12-21(19)30-24(29-15)16-6-3-2-4-7-16)20-13-31(18-8-5-9-18)25-22(20)23(26)27-14-28-25/h2-4,6-7,10-14,18,22,25H,5,8-9H2,1H3,(H2,26,27,28). The van der Waals surface area contributed by atoms with Crippen LogP contribution in [0.2, 0.25) is 0 Å². The van der Waals surface area contributed by atoms with Gasteiger partial charge in [-0.3, -0.25) is 0 Å².